The van der Waals surface area contributed by atoms with Crippen molar-refractivity contribution in [2.75, 3.05) is 13.1 Å². The van der Waals surface area contributed by atoms with E-state index in [0.29, 0.717) is 12.1 Å². The van der Waals surface area contributed by atoms with Gasteiger partial charge in [-0.25, -0.2) is 0 Å². The van der Waals surface area contributed by atoms with E-state index in [1.54, 1.807) is 0 Å². The third kappa shape index (κ3) is 2.37. The molecule has 0 unspecified atom stereocenters. The summed E-state index contributed by atoms with van der Waals surface area (Å²) in [5, 5.41) is 6.23. The third-order valence-electron chi connectivity index (χ3n) is 4.47. The van der Waals surface area contributed by atoms with E-state index < -0.39 is 0 Å². The lowest BCUT2D eigenvalue weighted by Crippen LogP contribution is -2.45. The predicted molar refractivity (Wildman–Crippen MR) is 79.4 cm³/mol. The molecule has 5 heteroatoms. The molecule has 1 aromatic heterocycles. The summed E-state index contributed by atoms with van der Waals surface area (Å²) in [4.78, 5) is 5.21. The highest BCUT2D eigenvalue weighted by Crippen LogP contribution is 2.32. The molecule has 4 nitrogen and oxygen atoms in total. The molecule has 0 aliphatic carbocycles. The number of fused-ring (bicyclic) bond motifs is 2. The summed E-state index contributed by atoms with van der Waals surface area (Å²) in [6, 6.07) is 12.2. The van der Waals surface area contributed by atoms with Crippen LogP contribution < -0.4 is 0 Å². The molecule has 104 valence electrons. The number of piperazine rings is 1. The van der Waals surface area contributed by atoms with Gasteiger partial charge in [0, 0.05) is 43.6 Å². The van der Waals surface area contributed by atoms with Gasteiger partial charge in [-0.15, -0.1) is 5.10 Å². The highest BCUT2D eigenvalue weighted by Gasteiger charge is 2.42. The Morgan fingerprint density at radius 3 is 2.45 bits per heavy atom. The lowest BCUT2D eigenvalue weighted by Gasteiger charge is -2.33. The van der Waals surface area contributed by atoms with Crippen LogP contribution in [0, 0.1) is 0 Å². The number of nitrogens with zero attached hydrogens (tertiary/aromatic N) is 4. The molecule has 2 bridgehead atoms. The normalized spacial score (nSPS) is 26.4. The molecule has 2 fully saturated rings. The Hall–Kier alpha value is -1.30. The first kappa shape index (κ1) is 12.4. The second-order valence-corrected chi connectivity index (χ2v) is 6.39. The SMILES string of the molecule is c1ccc(CN2C[C@@H]3C[C@H]2CN3Cc2csnn2)cc1. The molecule has 1 aromatic carbocycles. The summed E-state index contributed by atoms with van der Waals surface area (Å²) in [5.41, 5.74) is 2.55. The van der Waals surface area contributed by atoms with Crippen molar-refractivity contribution in [3.63, 3.8) is 0 Å². The largest absolute Gasteiger partial charge is 0.293 e. The summed E-state index contributed by atoms with van der Waals surface area (Å²) < 4.78 is 3.95. The minimum Gasteiger partial charge on any atom is -0.293 e. The molecule has 0 radical (unpaired) electrons. The number of aromatic nitrogens is 2. The van der Waals surface area contributed by atoms with E-state index in [-0.39, 0.29) is 0 Å². The fourth-order valence-electron chi connectivity index (χ4n) is 3.50. The average molecular weight is 286 g/mol. The van der Waals surface area contributed by atoms with Crippen LogP contribution in [0.25, 0.3) is 0 Å². The summed E-state index contributed by atoms with van der Waals surface area (Å²) in [5.74, 6) is 0. The number of hydrogen-bond acceptors (Lipinski definition) is 5. The monoisotopic (exact) mass is 286 g/mol. The standard InChI is InChI=1S/C15H18N4S/c1-2-4-12(5-3-1)7-18-9-15-6-14(18)10-19(15)8-13-11-20-17-16-13/h1-5,11,14-15H,6-10H2/t14-,15-/m0/s1. The maximum absolute atomic E-state index is 4.16. The topological polar surface area (TPSA) is 32.3 Å². The molecule has 2 saturated heterocycles. The Kier molecular flexibility index (Phi) is 3.26. The summed E-state index contributed by atoms with van der Waals surface area (Å²) in [6.07, 6.45) is 1.31. The van der Waals surface area contributed by atoms with Crippen LogP contribution >= 0.6 is 11.5 Å². The zero-order valence-corrected chi connectivity index (χ0v) is 12.2. The number of rotatable bonds is 4. The molecule has 2 aliphatic heterocycles. The maximum atomic E-state index is 4.16. The van der Waals surface area contributed by atoms with E-state index in [1.807, 2.05) is 0 Å². The quantitative estimate of drug-likeness (QED) is 0.860. The average Bonchev–Trinajstić information content (AvgIpc) is 3.17. The van der Waals surface area contributed by atoms with Gasteiger partial charge in [0.25, 0.3) is 0 Å². The fraction of sp³-hybridized carbons (Fsp3) is 0.467. The molecule has 0 N–H and O–H groups in total. The van der Waals surface area contributed by atoms with Crippen LogP contribution in [0.4, 0.5) is 0 Å². The van der Waals surface area contributed by atoms with E-state index in [0.717, 1.165) is 18.8 Å². The van der Waals surface area contributed by atoms with E-state index in [1.165, 1.54) is 36.6 Å². The van der Waals surface area contributed by atoms with E-state index >= 15 is 0 Å². The van der Waals surface area contributed by atoms with Gasteiger partial charge in [0.15, 0.2) is 0 Å². The van der Waals surface area contributed by atoms with Crippen LogP contribution in [-0.2, 0) is 13.1 Å². The first-order chi connectivity index (χ1) is 9.88. The molecule has 3 heterocycles. The van der Waals surface area contributed by atoms with Gasteiger partial charge in [0.05, 0.1) is 5.69 Å². The zero-order chi connectivity index (χ0) is 13.4. The molecular formula is C15H18N4S. The molecular weight excluding hydrogens is 268 g/mol. The van der Waals surface area contributed by atoms with E-state index in [2.05, 4.69) is 55.1 Å². The second kappa shape index (κ2) is 5.24. The van der Waals surface area contributed by atoms with Gasteiger partial charge in [-0.2, -0.15) is 0 Å². The predicted octanol–water partition coefficient (Wildman–Crippen LogP) is 2.00. The van der Waals surface area contributed by atoms with Crippen molar-refractivity contribution in [3.05, 3.63) is 47.0 Å². The Morgan fingerprint density at radius 2 is 1.80 bits per heavy atom. The van der Waals surface area contributed by atoms with E-state index in [9.17, 15) is 0 Å². The van der Waals surface area contributed by atoms with E-state index in [4.69, 9.17) is 0 Å². The molecule has 2 aromatic rings. The zero-order valence-electron chi connectivity index (χ0n) is 11.4. The van der Waals surface area contributed by atoms with Gasteiger partial charge in [0.2, 0.25) is 0 Å². The van der Waals surface area contributed by atoms with Gasteiger partial charge >= 0.3 is 0 Å². The van der Waals surface area contributed by atoms with Crippen molar-refractivity contribution in [1.82, 2.24) is 19.4 Å². The van der Waals surface area contributed by atoms with Gasteiger partial charge in [0.1, 0.15) is 0 Å². The number of hydrogen-bond donors (Lipinski definition) is 0. The molecule has 0 spiro atoms. The highest BCUT2D eigenvalue weighted by atomic mass is 32.1. The van der Waals surface area contributed by atoms with Crippen molar-refractivity contribution in [2.45, 2.75) is 31.6 Å². The first-order valence-corrected chi connectivity index (χ1v) is 8.00. The van der Waals surface area contributed by atoms with Crippen LogP contribution in [0.15, 0.2) is 35.7 Å². The Morgan fingerprint density at radius 1 is 1.05 bits per heavy atom. The Labute approximate surface area is 123 Å². The summed E-state index contributed by atoms with van der Waals surface area (Å²) >= 11 is 1.45. The Bertz CT molecular complexity index is 557. The first-order valence-electron chi connectivity index (χ1n) is 7.16. The van der Waals surface area contributed by atoms with Gasteiger partial charge in [-0.3, -0.25) is 9.80 Å². The molecule has 20 heavy (non-hydrogen) atoms. The molecule has 0 saturated carbocycles. The van der Waals surface area contributed by atoms with Gasteiger partial charge < -0.3 is 0 Å². The molecule has 2 atom stereocenters. The van der Waals surface area contributed by atoms with Crippen LogP contribution in [0.3, 0.4) is 0 Å². The van der Waals surface area contributed by atoms with Gasteiger partial charge in [-0.05, 0) is 23.5 Å². The number of benzene rings is 1. The van der Waals surface area contributed by atoms with Crippen LogP contribution in [0.2, 0.25) is 0 Å². The maximum Gasteiger partial charge on any atom is 0.0895 e. The Balaban J connectivity index is 1.38. The highest BCUT2D eigenvalue weighted by molar-refractivity contribution is 7.03. The van der Waals surface area contributed by atoms with Crippen LogP contribution in [0.5, 0.6) is 0 Å². The van der Waals surface area contributed by atoms with Crippen molar-refractivity contribution in [3.8, 4) is 0 Å². The van der Waals surface area contributed by atoms with Crippen molar-refractivity contribution < 1.29 is 0 Å². The molecule has 0 amide bonds. The fourth-order valence-corrected chi connectivity index (χ4v) is 3.94. The summed E-state index contributed by atoms with van der Waals surface area (Å²) in [7, 11) is 0. The summed E-state index contributed by atoms with van der Waals surface area (Å²) in [6.45, 7) is 4.43. The lowest BCUT2D eigenvalue weighted by molar-refractivity contribution is 0.117. The molecule has 2 aliphatic rings. The smallest absolute Gasteiger partial charge is 0.0895 e. The van der Waals surface area contributed by atoms with Crippen molar-refractivity contribution in [2.24, 2.45) is 0 Å². The van der Waals surface area contributed by atoms with Crippen molar-refractivity contribution >= 4 is 11.5 Å². The molecule has 4 rings (SSSR count). The minimum absolute atomic E-state index is 0.699. The lowest BCUT2D eigenvalue weighted by atomic mass is 10.2. The van der Waals surface area contributed by atoms with Crippen molar-refractivity contribution in [1.29, 1.82) is 0 Å². The minimum atomic E-state index is 0.699. The van der Waals surface area contributed by atoms with Gasteiger partial charge in [-0.1, -0.05) is 34.8 Å². The number of likely N-dealkylation sites (tertiary alicyclic amines) is 2. The second-order valence-electron chi connectivity index (χ2n) is 5.78. The van der Waals surface area contributed by atoms with Crippen LogP contribution in [-0.4, -0.2) is 44.6 Å². The third-order valence-corrected chi connectivity index (χ3v) is 5.02. The van der Waals surface area contributed by atoms with Crippen LogP contribution in [0.1, 0.15) is 17.7 Å².